The van der Waals surface area contributed by atoms with Gasteiger partial charge >= 0.3 is 0 Å². The van der Waals surface area contributed by atoms with Crippen molar-refractivity contribution in [1.29, 1.82) is 0 Å². The summed E-state index contributed by atoms with van der Waals surface area (Å²) >= 11 is 0. The summed E-state index contributed by atoms with van der Waals surface area (Å²) in [6.07, 6.45) is 5.65. The van der Waals surface area contributed by atoms with Crippen LogP contribution in [0, 0.1) is 17.8 Å². The normalized spacial score (nSPS) is 31.8. The summed E-state index contributed by atoms with van der Waals surface area (Å²) in [5.41, 5.74) is 0. The number of likely N-dealkylation sites (tertiary alicyclic amines) is 1. The molecule has 2 nitrogen and oxygen atoms in total. The maximum absolute atomic E-state index is 3.75. The van der Waals surface area contributed by atoms with Gasteiger partial charge in [-0.25, -0.2) is 0 Å². The summed E-state index contributed by atoms with van der Waals surface area (Å²) in [5, 5.41) is 3.75. The maximum atomic E-state index is 3.75. The highest BCUT2D eigenvalue weighted by atomic mass is 15.1. The molecule has 1 heterocycles. The largest absolute Gasteiger partial charge is 0.314 e. The van der Waals surface area contributed by atoms with E-state index < -0.39 is 0 Å². The van der Waals surface area contributed by atoms with Crippen LogP contribution in [0.4, 0.5) is 0 Å². The first-order valence-corrected chi connectivity index (χ1v) is 7.61. The second-order valence-electron chi connectivity index (χ2n) is 6.69. The van der Waals surface area contributed by atoms with Gasteiger partial charge in [0.2, 0.25) is 0 Å². The first-order chi connectivity index (χ1) is 8.15. The Hall–Kier alpha value is -0.0800. The van der Waals surface area contributed by atoms with Crippen LogP contribution in [0.25, 0.3) is 0 Å². The van der Waals surface area contributed by atoms with Gasteiger partial charge in [-0.15, -0.1) is 0 Å². The highest BCUT2D eigenvalue weighted by Gasteiger charge is 2.30. The van der Waals surface area contributed by atoms with Gasteiger partial charge in [-0.1, -0.05) is 20.8 Å². The Bertz CT molecular complexity index is 215. The molecule has 1 N–H and O–H groups in total. The van der Waals surface area contributed by atoms with Gasteiger partial charge in [-0.2, -0.15) is 0 Å². The van der Waals surface area contributed by atoms with E-state index >= 15 is 0 Å². The Balaban J connectivity index is 1.53. The zero-order chi connectivity index (χ0) is 12.3. The third-order valence-corrected chi connectivity index (χ3v) is 4.64. The lowest BCUT2D eigenvalue weighted by atomic mass is 9.73. The molecular weight excluding hydrogens is 208 g/mol. The van der Waals surface area contributed by atoms with Gasteiger partial charge in [0.05, 0.1) is 0 Å². The molecule has 0 bridgehead atoms. The van der Waals surface area contributed by atoms with Crippen molar-refractivity contribution in [2.24, 2.45) is 17.8 Å². The molecule has 0 aromatic heterocycles. The van der Waals surface area contributed by atoms with E-state index in [1.54, 1.807) is 0 Å². The lowest BCUT2D eigenvalue weighted by Crippen LogP contribution is -2.45. The van der Waals surface area contributed by atoms with E-state index in [0.29, 0.717) is 0 Å². The molecule has 0 amide bonds. The first kappa shape index (κ1) is 13.4. The molecule has 0 aromatic carbocycles. The summed E-state index contributed by atoms with van der Waals surface area (Å²) in [6.45, 7) is 12.3. The van der Waals surface area contributed by atoms with Crippen molar-refractivity contribution in [2.75, 3.05) is 26.2 Å². The highest BCUT2D eigenvalue weighted by Crippen LogP contribution is 2.33. The van der Waals surface area contributed by atoms with Gasteiger partial charge in [-0.3, -0.25) is 0 Å². The quantitative estimate of drug-likeness (QED) is 0.765. The average Bonchev–Trinajstić information content (AvgIpc) is 2.67. The minimum atomic E-state index is 0.811. The fourth-order valence-corrected chi connectivity index (χ4v) is 3.21. The molecule has 0 radical (unpaired) electrons. The predicted octanol–water partition coefficient (Wildman–Crippen LogP) is 2.74. The lowest BCUT2D eigenvalue weighted by Gasteiger charge is -2.39. The van der Waals surface area contributed by atoms with Crippen LogP contribution >= 0.6 is 0 Å². The molecule has 2 fully saturated rings. The SMILES string of the molecule is CC(CNC1CC(C(C)C)C1)CN1CCCC1. The predicted molar refractivity (Wildman–Crippen MR) is 74.2 cm³/mol. The summed E-state index contributed by atoms with van der Waals surface area (Å²) in [4.78, 5) is 2.63. The van der Waals surface area contributed by atoms with Crippen molar-refractivity contribution in [2.45, 2.75) is 52.5 Å². The Labute approximate surface area is 107 Å². The van der Waals surface area contributed by atoms with Crippen LogP contribution in [0.15, 0.2) is 0 Å². The molecule has 2 rings (SSSR count). The van der Waals surface area contributed by atoms with Gasteiger partial charge in [0.15, 0.2) is 0 Å². The highest BCUT2D eigenvalue weighted by molar-refractivity contribution is 4.87. The van der Waals surface area contributed by atoms with E-state index in [0.717, 1.165) is 23.8 Å². The molecule has 1 saturated heterocycles. The second kappa shape index (κ2) is 6.19. The van der Waals surface area contributed by atoms with Gasteiger partial charge in [0.25, 0.3) is 0 Å². The molecule has 100 valence electrons. The van der Waals surface area contributed by atoms with E-state index in [4.69, 9.17) is 0 Å². The zero-order valence-corrected chi connectivity index (χ0v) is 11.9. The molecule has 1 atom stereocenters. The van der Waals surface area contributed by atoms with Crippen LogP contribution in [0.5, 0.6) is 0 Å². The molecular formula is C15H30N2. The van der Waals surface area contributed by atoms with Gasteiger partial charge in [-0.05, 0) is 63.1 Å². The fraction of sp³-hybridized carbons (Fsp3) is 1.00. The van der Waals surface area contributed by atoms with E-state index in [-0.39, 0.29) is 0 Å². The smallest absolute Gasteiger partial charge is 0.00726 e. The Morgan fingerprint density at radius 3 is 2.35 bits per heavy atom. The van der Waals surface area contributed by atoms with Crippen LogP contribution in [0.2, 0.25) is 0 Å². The Kier molecular flexibility index (Phi) is 4.87. The van der Waals surface area contributed by atoms with Crippen LogP contribution < -0.4 is 5.32 Å². The fourth-order valence-electron chi connectivity index (χ4n) is 3.21. The number of rotatable bonds is 6. The van der Waals surface area contributed by atoms with Crippen molar-refractivity contribution < 1.29 is 0 Å². The van der Waals surface area contributed by atoms with E-state index in [9.17, 15) is 0 Å². The average molecular weight is 238 g/mol. The topological polar surface area (TPSA) is 15.3 Å². The maximum Gasteiger partial charge on any atom is 0.00726 e. The van der Waals surface area contributed by atoms with Crippen molar-refractivity contribution in [3.8, 4) is 0 Å². The minimum Gasteiger partial charge on any atom is -0.314 e. The second-order valence-corrected chi connectivity index (χ2v) is 6.69. The van der Waals surface area contributed by atoms with E-state index in [1.165, 1.54) is 51.9 Å². The molecule has 2 heteroatoms. The molecule has 1 unspecified atom stereocenters. The molecule has 1 aliphatic heterocycles. The van der Waals surface area contributed by atoms with Crippen molar-refractivity contribution in [3.05, 3.63) is 0 Å². The molecule has 2 aliphatic rings. The van der Waals surface area contributed by atoms with Crippen molar-refractivity contribution >= 4 is 0 Å². The van der Waals surface area contributed by atoms with Crippen molar-refractivity contribution in [3.63, 3.8) is 0 Å². The van der Waals surface area contributed by atoms with Gasteiger partial charge < -0.3 is 10.2 Å². The van der Waals surface area contributed by atoms with Crippen LogP contribution in [0.3, 0.4) is 0 Å². The van der Waals surface area contributed by atoms with Crippen LogP contribution in [0.1, 0.15) is 46.5 Å². The van der Waals surface area contributed by atoms with Crippen LogP contribution in [-0.4, -0.2) is 37.1 Å². The van der Waals surface area contributed by atoms with E-state index in [1.807, 2.05) is 0 Å². The third kappa shape index (κ3) is 3.96. The summed E-state index contributed by atoms with van der Waals surface area (Å²) < 4.78 is 0. The summed E-state index contributed by atoms with van der Waals surface area (Å²) in [5.74, 6) is 2.68. The Morgan fingerprint density at radius 2 is 1.76 bits per heavy atom. The number of hydrogen-bond acceptors (Lipinski definition) is 2. The summed E-state index contributed by atoms with van der Waals surface area (Å²) in [7, 11) is 0. The Morgan fingerprint density at radius 1 is 1.12 bits per heavy atom. The van der Waals surface area contributed by atoms with Gasteiger partial charge in [0, 0.05) is 12.6 Å². The molecule has 0 aromatic rings. The number of hydrogen-bond donors (Lipinski definition) is 1. The lowest BCUT2D eigenvalue weighted by molar-refractivity contribution is 0.160. The number of nitrogens with one attached hydrogen (secondary N) is 1. The molecule has 1 saturated carbocycles. The molecule has 0 spiro atoms. The van der Waals surface area contributed by atoms with Crippen LogP contribution in [-0.2, 0) is 0 Å². The third-order valence-electron chi connectivity index (χ3n) is 4.64. The van der Waals surface area contributed by atoms with Gasteiger partial charge in [0.1, 0.15) is 0 Å². The standard InChI is InChI=1S/C15H30N2/c1-12(2)14-8-15(9-14)16-10-13(3)11-17-6-4-5-7-17/h12-16H,4-11H2,1-3H3. The van der Waals surface area contributed by atoms with E-state index in [2.05, 4.69) is 31.0 Å². The monoisotopic (exact) mass is 238 g/mol. The first-order valence-electron chi connectivity index (χ1n) is 7.61. The molecule has 17 heavy (non-hydrogen) atoms. The zero-order valence-electron chi connectivity index (χ0n) is 11.9. The minimum absolute atomic E-state index is 0.811. The van der Waals surface area contributed by atoms with Crippen molar-refractivity contribution in [1.82, 2.24) is 10.2 Å². The summed E-state index contributed by atoms with van der Waals surface area (Å²) in [6, 6.07) is 0.823. The molecule has 1 aliphatic carbocycles. The number of nitrogens with zero attached hydrogens (tertiary/aromatic N) is 1.